The van der Waals surface area contributed by atoms with Crippen molar-refractivity contribution < 1.29 is 34.0 Å². The zero-order chi connectivity index (χ0) is 23.5. The molecule has 0 amide bonds. The summed E-state index contributed by atoms with van der Waals surface area (Å²) in [6, 6.07) is 45.8. The van der Waals surface area contributed by atoms with Crippen molar-refractivity contribution in [3.8, 4) is 33.8 Å². The van der Waals surface area contributed by atoms with Gasteiger partial charge in [0, 0.05) is 0 Å². The van der Waals surface area contributed by atoms with Crippen molar-refractivity contribution in [3.05, 3.63) is 133 Å². The minimum atomic E-state index is 0. The van der Waals surface area contributed by atoms with Gasteiger partial charge < -0.3 is 11.0 Å². The predicted octanol–water partition coefficient (Wildman–Crippen LogP) is 7.05. The van der Waals surface area contributed by atoms with Crippen LogP contribution in [0.3, 0.4) is 0 Å². The zero-order valence-electron chi connectivity index (χ0n) is 19.9. The van der Waals surface area contributed by atoms with Gasteiger partial charge in [0.2, 0.25) is 0 Å². The Balaban J connectivity index is 0.00000160. The third kappa shape index (κ3) is 5.21. The summed E-state index contributed by atoms with van der Waals surface area (Å²) in [5.74, 6) is 1.57. The third-order valence-electron chi connectivity index (χ3n) is 6.14. The summed E-state index contributed by atoms with van der Waals surface area (Å²) in [5.41, 5.74) is 4.37. The summed E-state index contributed by atoms with van der Waals surface area (Å²) < 4.78 is 12.3. The topological polar surface area (TPSA) is 81.5 Å². The van der Waals surface area contributed by atoms with E-state index >= 15 is 0 Å². The van der Waals surface area contributed by atoms with Crippen LogP contribution in [0, 0.1) is 0 Å². The van der Waals surface area contributed by atoms with Crippen molar-refractivity contribution in [2.24, 2.45) is 0 Å². The maximum atomic E-state index is 6.17. The monoisotopic (exact) mass is 533 g/mol. The van der Waals surface area contributed by atoms with E-state index < -0.39 is 0 Å². The van der Waals surface area contributed by atoms with E-state index in [1.807, 2.05) is 36.4 Å². The Morgan fingerprint density at radius 3 is 1.19 bits per heavy atom. The average molecular weight is 533 g/mol. The quantitative estimate of drug-likeness (QED) is 0.230. The van der Waals surface area contributed by atoms with E-state index in [9.17, 15) is 0 Å². The van der Waals surface area contributed by atoms with Gasteiger partial charge in [0.15, 0.2) is 0 Å². The van der Waals surface area contributed by atoms with E-state index in [2.05, 4.69) is 97.1 Å². The van der Waals surface area contributed by atoms with Crippen molar-refractivity contribution >= 4 is 21.5 Å². The number of hydrogen-bond acceptors (Lipinski definition) is 2. The second-order valence-corrected chi connectivity index (χ2v) is 8.84. The molecule has 5 heteroatoms. The molecule has 4 N–H and O–H groups in total. The number of fused-ring (bicyclic) bond motifs is 2. The molecule has 0 saturated carbocycles. The fourth-order valence-electron chi connectivity index (χ4n) is 4.49. The summed E-state index contributed by atoms with van der Waals surface area (Å²) in [7, 11) is 0. The number of benzene rings is 6. The molecule has 6 aromatic carbocycles. The molecule has 0 saturated heterocycles. The van der Waals surface area contributed by atoms with Crippen molar-refractivity contribution in [1.82, 2.24) is 0 Å². The van der Waals surface area contributed by atoms with E-state index in [0.717, 1.165) is 33.8 Å². The van der Waals surface area contributed by atoms with E-state index in [4.69, 9.17) is 7.70 Å². The van der Waals surface area contributed by atoms with Gasteiger partial charge >= 0.3 is 212 Å². The first-order chi connectivity index (χ1) is 17.4. The maximum absolute atomic E-state index is 6.17. The molecule has 0 heterocycles. The summed E-state index contributed by atoms with van der Waals surface area (Å²) in [6.45, 7) is 0. The van der Waals surface area contributed by atoms with Gasteiger partial charge in [0.25, 0.3) is 0 Å². The zero-order valence-corrected chi connectivity index (χ0v) is 20.9. The van der Waals surface area contributed by atoms with Crippen molar-refractivity contribution in [2.75, 3.05) is 0 Å². The van der Waals surface area contributed by atoms with Crippen LogP contribution in [0.5, 0.6) is 11.5 Å². The Kier molecular flexibility index (Phi) is 8.23. The molecule has 0 fully saturated rings. The second-order valence-electron chi connectivity index (χ2n) is 8.24. The van der Waals surface area contributed by atoms with Gasteiger partial charge in [-0.2, -0.15) is 0 Å². The second kappa shape index (κ2) is 11.7. The molecule has 37 heavy (non-hydrogen) atoms. The standard InChI is InChI=1S/2C16H12O.Co.2H2O/c2*17-16-11-4-3-9-15(16)14-10-5-7-12-6-1-2-8-13(12)14;;;/h2*1-11,17H;;2*1H2/q;;+2;;/p-2. The Labute approximate surface area is 222 Å². The molecule has 0 aliphatic rings. The van der Waals surface area contributed by atoms with Gasteiger partial charge in [0.1, 0.15) is 0 Å². The summed E-state index contributed by atoms with van der Waals surface area (Å²) in [5, 5.41) is 4.81. The van der Waals surface area contributed by atoms with Crippen LogP contribution in [0.4, 0.5) is 0 Å². The summed E-state index contributed by atoms with van der Waals surface area (Å²) in [6.07, 6.45) is 0. The van der Waals surface area contributed by atoms with E-state index in [1.165, 1.54) is 21.5 Å². The molecule has 4 nitrogen and oxygen atoms in total. The van der Waals surface area contributed by atoms with Crippen LogP contribution in [0.15, 0.2) is 133 Å². The predicted molar refractivity (Wildman–Crippen MR) is 147 cm³/mol. The van der Waals surface area contributed by atoms with Crippen molar-refractivity contribution in [3.63, 3.8) is 0 Å². The van der Waals surface area contributed by atoms with E-state index in [1.54, 1.807) is 0 Å². The van der Waals surface area contributed by atoms with Crippen LogP contribution in [0.1, 0.15) is 0 Å². The molecule has 6 rings (SSSR count). The Bertz CT molecular complexity index is 1510. The van der Waals surface area contributed by atoms with Gasteiger partial charge in [-0.3, -0.25) is 0 Å². The molecule has 0 bridgehead atoms. The molecule has 187 valence electrons. The van der Waals surface area contributed by atoms with Gasteiger partial charge in [0.05, 0.1) is 0 Å². The molecule has 0 aromatic heterocycles. The molecular weight excluding hydrogens is 507 g/mol. The van der Waals surface area contributed by atoms with Gasteiger partial charge in [-0.25, -0.2) is 0 Å². The molecule has 0 aliphatic carbocycles. The fraction of sp³-hybridized carbons (Fsp3) is 0. The molecule has 6 aromatic rings. The molecule has 0 atom stereocenters. The number of para-hydroxylation sites is 2. The number of rotatable bonds is 6. The molecule has 0 unspecified atom stereocenters. The van der Waals surface area contributed by atoms with Crippen molar-refractivity contribution in [2.45, 2.75) is 0 Å². The summed E-state index contributed by atoms with van der Waals surface area (Å²) >= 11 is 0.442. The van der Waals surface area contributed by atoms with Crippen LogP contribution < -0.4 is 7.70 Å². The summed E-state index contributed by atoms with van der Waals surface area (Å²) in [4.78, 5) is 0. The van der Waals surface area contributed by atoms with Crippen LogP contribution in [0.25, 0.3) is 43.8 Å². The normalized spacial score (nSPS) is 10.5. The third-order valence-corrected chi connectivity index (χ3v) is 6.77. The molecule has 0 radical (unpaired) electrons. The molecule has 0 aliphatic heterocycles. The van der Waals surface area contributed by atoms with Gasteiger partial charge in [-0.15, -0.1) is 0 Å². The van der Waals surface area contributed by atoms with Crippen LogP contribution >= 0.6 is 0 Å². The van der Waals surface area contributed by atoms with Crippen LogP contribution in [-0.2, 0) is 15.3 Å². The first-order valence-corrected chi connectivity index (χ1v) is 12.3. The van der Waals surface area contributed by atoms with E-state index in [0.29, 0.717) is 15.3 Å². The van der Waals surface area contributed by atoms with Crippen molar-refractivity contribution in [1.29, 1.82) is 0 Å². The van der Waals surface area contributed by atoms with Gasteiger partial charge in [-0.1, -0.05) is 0 Å². The fourth-order valence-corrected chi connectivity index (χ4v) is 5.09. The Hall–Kier alpha value is -4.13. The number of hydrogen-bond donors (Lipinski definition) is 0. The Morgan fingerprint density at radius 2 is 0.703 bits per heavy atom. The SMILES string of the molecule is O.O.c1ccc(-c2cccc3ccccc23)c([O][Co][O]c2ccccc2-c2cccc3ccccc23)c1. The first-order valence-electron chi connectivity index (χ1n) is 11.5. The molecule has 0 spiro atoms. The average Bonchev–Trinajstić information content (AvgIpc) is 2.93. The van der Waals surface area contributed by atoms with Crippen LogP contribution in [0.2, 0.25) is 0 Å². The Morgan fingerprint density at radius 1 is 0.351 bits per heavy atom. The van der Waals surface area contributed by atoms with Crippen LogP contribution in [-0.4, -0.2) is 11.0 Å². The molecular formula is C32H26CoO4. The first kappa shape index (κ1) is 25.9. The van der Waals surface area contributed by atoms with Gasteiger partial charge in [-0.05, 0) is 0 Å². The minimum absolute atomic E-state index is 0. The van der Waals surface area contributed by atoms with E-state index in [-0.39, 0.29) is 11.0 Å².